The molecule has 0 spiro atoms. The Hall–Kier alpha value is -2.08. The van der Waals surface area contributed by atoms with Crippen LogP contribution in [-0.2, 0) is 0 Å². The molecule has 27 heavy (non-hydrogen) atoms. The first-order valence-corrected chi connectivity index (χ1v) is 10.3. The van der Waals surface area contributed by atoms with Gasteiger partial charge in [0.05, 0.1) is 0 Å². The Labute approximate surface area is 168 Å². The Kier molecular flexibility index (Phi) is 9.29. The van der Waals surface area contributed by atoms with E-state index < -0.39 is 0 Å². The number of benzene rings is 1. The molecule has 1 aliphatic rings. The van der Waals surface area contributed by atoms with Crippen molar-refractivity contribution in [2.45, 2.75) is 60.8 Å². The predicted molar refractivity (Wildman–Crippen MR) is 124 cm³/mol. The molecule has 0 radical (unpaired) electrons. The van der Waals surface area contributed by atoms with Gasteiger partial charge in [-0.1, -0.05) is 128 Å². The van der Waals surface area contributed by atoms with E-state index in [4.69, 9.17) is 0 Å². The average Bonchev–Trinajstić information content (AvgIpc) is 2.83. The van der Waals surface area contributed by atoms with Crippen LogP contribution in [0.15, 0.2) is 78.4 Å². The fourth-order valence-electron chi connectivity index (χ4n) is 2.62. The lowest BCUT2D eigenvalue weighted by atomic mass is 9.79. The van der Waals surface area contributed by atoms with Crippen LogP contribution >= 0.6 is 0 Å². The second-order valence-corrected chi connectivity index (χ2v) is 8.22. The highest BCUT2D eigenvalue weighted by molar-refractivity contribution is 5.59. The number of allylic oxidation sites excluding steroid dienone is 8. The summed E-state index contributed by atoms with van der Waals surface area (Å²) in [7, 11) is 0. The quantitative estimate of drug-likeness (QED) is 0.460. The molecule has 0 N–H and O–H groups in total. The zero-order valence-electron chi connectivity index (χ0n) is 18.4. The summed E-state index contributed by atoms with van der Waals surface area (Å²) in [5.41, 5.74) is 4.90. The highest BCUT2D eigenvalue weighted by atomic mass is 14.3. The molecule has 1 aromatic carbocycles. The van der Waals surface area contributed by atoms with E-state index in [2.05, 4.69) is 122 Å². The van der Waals surface area contributed by atoms with E-state index in [9.17, 15) is 0 Å². The van der Waals surface area contributed by atoms with E-state index in [1.807, 2.05) is 0 Å². The third-order valence-corrected chi connectivity index (χ3v) is 5.05. The third-order valence-electron chi connectivity index (χ3n) is 5.05. The first-order valence-electron chi connectivity index (χ1n) is 10.3. The van der Waals surface area contributed by atoms with Crippen molar-refractivity contribution in [3.63, 3.8) is 0 Å². The SMILES string of the molecule is C=C(/C=C/c1ccc(C(C)C)cc1)C1=CC=CC(C)(C(C)C)C=C1.CCC. The van der Waals surface area contributed by atoms with Gasteiger partial charge >= 0.3 is 0 Å². The van der Waals surface area contributed by atoms with Gasteiger partial charge in [-0.25, -0.2) is 0 Å². The van der Waals surface area contributed by atoms with E-state index in [1.165, 1.54) is 23.1 Å². The molecule has 0 heteroatoms. The summed E-state index contributed by atoms with van der Waals surface area (Å²) < 4.78 is 0. The molecule has 0 heterocycles. The zero-order valence-corrected chi connectivity index (χ0v) is 18.4. The normalized spacial score (nSPS) is 19.1. The van der Waals surface area contributed by atoms with Crippen molar-refractivity contribution in [1.82, 2.24) is 0 Å². The summed E-state index contributed by atoms with van der Waals surface area (Å²) in [4.78, 5) is 0. The lowest BCUT2D eigenvalue weighted by Gasteiger charge is -2.26. The van der Waals surface area contributed by atoms with Crippen molar-refractivity contribution in [3.8, 4) is 0 Å². The maximum absolute atomic E-state index is 4.23. The fourth-order valence-corrected chi connectivity index (χ4v) is 2.62. The molecule has 0 amide bonds. The van der Waals surface area contributed by atoms with E-state index in [0.29, 0.717) is 11.8 Å². The van der Waals surface area contributed by atoms with Crippen LogP contribution in [0.3, 0.4) is 0 Å². The Morgan fingerprint density at radius 1 is 1.04 bits per heavy atom. The van der Waals surface area contributed by atoms with Crippen LogP contribution in [0.4, 0.5) is 0 Å². The van der Waals surface area contributed by atoms with Crippen molar-refractivity contribution in [3.05, 3.63) is 89.6 Å². The van der Waals surface area contributed by atoms with Crippen LogP contribution < -0.4 is 0 Å². The van der Waals surface area contributed by atoms with Crippen molar-refractivity contribution in [2.24, 2.45) is 11.3 Å². The molecule has 0 aliphatic heterocycles. The van der Waals surface area contributed by atoms with Gasteiger partial charge in [-0.05, 0) is 34.1 Å². The molecule has 0 aromatic heterocycles. The molecule has 1 aromatic rings. The van der Waals surface area contributed by atoms with Gasteiger partial charge in [0.1, 0.15) is 0 Å². The minimum absolute atomic E-state index is 0.106. The highest BCUT2D eigenvalue weighted by Gasteiger charge is 2.22. The molecule has 1 aliphatic carbocycles. The van der Waals surface area contributed by atoms with E-state index in [0.717, 1.165) is 5.57 Å². The fraction of sp³-hybridized carbons (Fsp3) is 0.407. The lowest BCUT2D eigenvalue weighted by Crippen LogP contribution is -2.17. The van der Waals surface area contributed by atoms with E-state index in [-0.39, 0.29) is 5.41 Å². The summed E-state index contributed by atoms with van der Waals surface area (Å²) in [6, 6.07) is 8.75. The van der Waals surface area contributed by atoms with Gasteiger partial charge in [0.25, 0.3) is 0 Å². The summed E-state index contributed by atoms with van der Waals surface area (Å²) in [6.07, 6.45) is 16.6. The molecule has 0 fully saturated rings. The van der Waals surface area contributed by atoms with Gasteiger partial charge in [0, 0.05) is 5.41 Å². The predicted octanol–water partition coefficient (Wildman–Crippen LogP) is 8.51. The van der Waals surface area contributed by atoms with Crippen LogP contribution in [0.2, 0.25) is 0 Å². The summed E-state index contributed by atoms with van der Waals surface area (Å²) in [5.74, 6) is 1.14. The molecule has 0 bridgehead atoms. The van der Waals surface area contributed by atoms with Crippen molar-refractivity contribution in [2.75, 3.05) is 0 Å². The van der Waals surface area contributed by atoms with Gasteiger partial charge in [-0.3, -0.25) is 0 Å². The van der Waals surface area contributed by atoms with Crippen molar-refractivity contribution < 1.29 is 0 Å². The molecule has 2 rings (SSSR count). The van der Waals surface area contributed by atoms with Crippen LogP contribution in [0.25, 0.3) is 6.08 Å². The number of rotatable bonds is 5. The second-order valence-electron chi connectivity index (χ2n) is 8.22. The van der Waals surface area contributed by atoms with Crippen LogP contribution in [0.1, 0.15) is 71.9 Å². The molecule has 0 nitrogen and oxygen atoms in total. The molecule has 0 saturated carbocycles. The van der Waals surface area contributed by atoms with Crippen molar-refractivity contribution >= 4 is 6.08 Å². The maximum Gasteiger partial charge on any atom is 0.00620 e. The summed E-state index contributed by atoms with van der Waals surface area (Å²) in [5, 5.41) is 0. The van der Waals surface area contributed by atoms with Gasteiger partial charge in [-0.2, -0.15) is 0 Å². The molecule has 0 saturated heterocycles. The van der Waals surface area contributed by atoms with Crippen LogP contribution in [0.5, 0.6) is 0 Å². The summed E-state index contributed by atoms with van der Waals surface area (Å²) >= 11 is 0. The molecular formula is C27H38. The van der Waals surface area contributed by atoms with Gasteiger partial charge in [0.15, 0.2) is 0 Å². The smallest absolute Gasteiger partial charge is 0.00620 e. The van der Waals surface area contributed by atoms with E-state index >= 15 is 0 Å². The standard InChI is InChI=1S/C24H30.C3H8/c1-18(2)22-13-11-21(12-14-22)10-9-20(5)23-8-7-16-24(6,17-15-23)19(3)4;1-3-2/h7-19H,5H2,1-4,6H3;3H2,1-2H3/b10-9+;. The average molecular weight is 363 g/mol. The van der Waals surface area contributed by atoms with E-state index in [1.54, 1.807) is 0 Å². The topological polar surface area (TPSA) is 0 Å². The minimum Gasteiger partial charge on any atom is -0.0912 e. The first kappa shape index (κ1) is 23.0. The first-order chi connectivity index (χ1) is 12.7. The van der Waals surface area contributed by atoms with Crippen molar-refractivity contribution in [1.29, 1.82) is 0 Å². The summed E-state index contributed by atoms with van der Waals surface area (Å²) in [6.45, 7) is 19.7. The third kappa shape index (κ3) is 7.21. The molecule has 1 unspecified atom stereocenters. The van der Waals surface area contributed by atoms with Gasteiger partial charge in [-0.15, -0.1) is 0 Å². The highest BCUT2D eigenvalue weighted by Crippen LogP contribution is 2.33. The maximum atomic E-state index is 4.23. The number of hydrogen-bond donors (Lipinski definition) is 0. The monoisotopic (exact) mass is 362 g/mol. The molecule has 1 atom stereocenters. The van der Waals surface area contributed by atoms with Crippen LogP contribution in [-0.4, -0.2) is 0 Å². The Morgan fingerprint density at radius 2 is 1.63 bits per heavy atom. The Morgan fingerprint density at radius 3 is 2.15 bits per heavy atom. The number of hydrogen-bond acceptors (Lipinski definition) is 0. The molecule has 146 valence electrons. The molecular weight excluding hydrogens is 324 g/mol. The Bertz CT molecular complexity index is 705. The van der Waals surface area contributed by atoms with Gasteiger partial charge in [0.2, 0.25) is 0 Å². The largest absolute Gasteiger partial charge is 0.0912 e. The zero-order chi connectivity index (χ0) is 20.4. The second kappa shape index (κ2) is 10.9. The Balaban J connectivity index is 0.00000114. The van der Waals surface area contributed by atoms with Crippen LogP contribution in [0, 0.1) is 11.3 Å². The van der Waals surface area contributed by atoms with Gasteiger partial charge < -0.3 is 0 Å². The lowest BCUT2D eigenvalue weighted by molar-refractivity contribution is 0.383. The minimum atomic E-state index is 0.106.